The maximum absolute atomic E-state index is 11.6. The van der Waals surface area contributed by atoms with Gasteiger partial charge in [-0.25, -0.2) is 0 Å². The van der Waals surface area contributed by atoms with Crippen LogP contribution in [0.4, 0.5) is 0 Å². The number of rotatable bonds is 6. The van der Waals surface area contributed by atoms with Crippen molar-refractivity contribution in [2.75, 3.05) is 13.1 Å². The van der Waals surface area contributed by atoms with E-state index in [1.165, 1.54) is 19.3 Å². The van der Waals surface area contributed by atoms with Crippen LogP contribution in [0.2, 0.25) is 0 Å². The van der Waals surface area contributed by atoms with Crippen molar-refractivity contribution >= 4 is 5.97 Å². The van der Waals surface area contributed by atoms with Gasteiger partial charge in [0.25, 0.3) is 0 Å². The van der Waals surface area contributed by atoms with E-state index >= 15 is 0 Å². The standard InChI is InChI=1S/C13H25NO2/c1-3-9-14-10-13(15)16-12-8-6-5-7-11(12)4-2/h11-12,14H,3-10H2,1-2H3. The average molecular weight is 227 g/mol. The van der Waals surface area contributed by atoms with Crippen molar-refractivity contribution in [3.63, 3.8) is 0 Å². The molecule has 0 spiro atoms. The summed E-state index contributed by atoms with van der Waals surface area (Å²) in [6.07, 6.45) is 7.12. The molecule has 0 radical (unpaired) electrons. The summed E-state index contributed by atoms with van der Waals surface area (Å²) in [6, 6.07) is 0. The van der Waals surface area contributed by atoms with E-state index < -0.39 is 0 Å². The molecule has 0 bridgehead atoms. The summed E-state index contributed by atoms with van der Waals surface area (Å²) in [5.41, 5.74) is 0. The van der Waals surface area contributed by atoms with Crippen LogP contribution in [0.5, 0.6) is 0 Å². The molecule has 0 aliphatic heterocycles. The fourth-order valence-electron chi connectivity index (χ4n) is 2.37. The van der Waals surface area contributed by atoms with Gasteiger partial charge in [0.05, 0.1) is 6.54 Å². The van der Waals surface area contributed by atoms with Gasteiger partial charge in [-0.15, -0.1) is 0 Å². The van der Waals surface area contributed by atoms with Crippen molar-refractivity contribution in [3.8, 4) is 0 Å². The largest absolute Gasteiger partial charge is 0.461 e. The van der Waals surface area contributed by atoms with Gasteiger partial charge in [-0.3, -0.25) is 4.79 Å². The molecule has 0 amide bonds. The van der Waals surface area contributed by atoms with Gasteiger partial charge in [0.15, 0.2) is 0 Å². The molecule has 94 valence electrons. The average Bonchev–Trinajstić information content (AvgIpc) is 2.30. The highest BCUT2D eigenvalue weighted by atomic mass is 16.5. The minimum absolute atomic E-state index is 0.0844. The van der Waals surface area contributed by atoms with Gasteiger partial charge in [0.1, 0.15) is 6.10 Å². The molecule has 1 aliphatic rings. The Kier molecular flexibility index (Phi) is 6.46. The Morgan fingerprint density at radius 1 is 1.31 bits per heavy atom. The summed E-state index contributed by atoms with van der Waals surface area (Å²) in [6.45, 7) is 5.52. The van der Waals surface area contributed by atoms with Crippen molar-refractivity contribution in [1.29, 1.82) is 0 Å². The number of carbonyl (C=O) groups is 1. The Morgan fingerprint density at radius 3 is 2.75 bits per heavy atom. The van der Waals surface area contributed by atoms with Crippen LogP contribution in [-0.4, -0.2) is 25.2 Å². The number of nitrogens with one attached hydrogen (secondary N) is 1. The lowest BCUT2D eigenvalue weighted by atomic mass is 9.85. The molecule has 16 heavy (non-hydrogen) atoms. The van der Waals surface area contributed by atoms with Gasteiger partial charge in [0.2, 0.25) is 0 Å². The van der Waals surface area contributed by atoms with Gasteiger partial charge >= 0.3 is 5.97 Å². The number of ether oxygens (including phenoxy) is 1. The minimum Gasteiger partial charge on any atom is -0.461 e. The van der Waals surface area contributed by atoms with E-state index in [-0.39, 0.29) is 12.1 Å². The summed E-state index contributed by atoms with van der Waals surface area (Å²) in [4.78, 5) is 11.6. The van der Waals surface area contributed by atoms with Crippen LogP contribution in [0, 0.1) is 5.92 Å². The third-order valence-electron chi connectivity index (χ3n) is 3.34. The first-order valence-electron chi connectivity index (χ1n) is 6.68. The second-order valence-corrected chi connectivity index (χ2v) is 4.66. The summed E-state index contributed by atoms with van der Waals surface area (Å²) in [5.74, 6) is 0.502. The Balaban J connectivity index is 2.25. The predicted molar refractivity (Wildman–Crippen MR) is 65.3 cm³/mol. The van der Waals surface area contributed by atoms with Crippen molar-refractivity contribution in [1.82, 2.24) is 5.32 Å². The van der Waals surface area contributed by atoms with Gasteiger partial charge in [-0.1, -0.05) is 20.3 Å². The lowest BCUT2D eigenvalue weighted by Gasteiger charge is -2.30. The zero-order valence-corrected chi connectivity index (χ0v) is 10.6. The lowest BCUT2D eigenvalue weighted by molar-refractivity contribution is -0.152. The molecule has 1 rings (SSSR count). The van der Waals surface area contributed by atoms with Gasteiger partial charge in [-0.2, -0.15) is 0 Å². The number of carbonyl (C=O) groups excluding carboxylic acids is 1. The second-order valence-electron chi connectivity index (χ2n) is 4.66. The summed E-state index contributed by atoms with van der Waals surface area (Å²) < 4.78 is 5.54. The fraction of sp³-hybridized carbons (Fsp3) is 0.923. The molecule has 1 aliphatic carbocycles. The van der Waals surface area contributed by atoms with Crippen molar-refractivity contribution in [3.05, 3.63) is 0 Å². The lowest BCUT2D eigenvalue weighted by Crippen LogP contribution is -2.34. The van der Waals surface area contributed by atoms with Crippen molar-refractivity contribution in [2.24, 2.45) is 5.92 Å². The number of hydrogen-bond acceptors (Lipinski definition) is 3. The van der Waals surface area contributed by atoms with Crippen LogP contribution >= 0.6 is 0 Å². The highest BCUT2D eigenvalue weighted by Gasteiger charge is 2.26. The van der Waals surface area contributed by atoms with Crippen LogP contribution < -0.4 is 5.32 Å². The molecule has 0 aromatic heterocycles. The Labute approximate surface area is 98.9 Å². The molecular weight excluding hydrogens is 202 g/mol. The third-order valence-corrected chi connectivity index (χ3v) is 3.34. The van der Waals surface area contributed by atoms with E-state index in [0.717, 1.165) is 25.8 Å². The third kappa shape index (κ3) is 4.52. The van der Waals surface area contributed by atoms with Gasteiger partial charge in [-0.05, 0) is 44.6 Å². The number of esters is 1. The first kappa shape index (κ1) is 13.5. The first-order chi connectivity index (χ1) is 7.77. The van der Waals surface area contributed by atoms with E-state index in [2.05, 4.69) is 19.2 Å². The number of hydrogen-bond donors (Lipinski definition) is 1. The van der Waals surface area contributed by atoms with Gasteiger partial charge < -0.3 is 10.1 Å². The molecule has 1 fully saturated rings. The molecule has 2 atom stereocenters. The van der Waals surface area contributed by atoms with E-state index in [9.17, 15) is 4.79 Å². The van der Waals surface area contributed by atoms with E-state index in [0.29, 0.717) is 12.5 Å². The monoisotopic (exact) mass is 227 g/mol. The Hall–Kier alpha value is -0.570. The molecule has 1 saturated carbocycles. The van der Waals surface area contributed by atoms with Crippen LogP contribution in [0.25, 0.3) is 0 Å². The summed E-state index contributed by atoms with van der Waals surface area (Å²) >= 11 is 0. The molecule has 2 unspecified atom stereocenters. The zero-order valence-electron chi connectivity index (χ0n) is 10.6. The Bertz CT molecular complexity index is 206. The van der Waals surface area contributed by atoms with Crippen molar-refractivity contribution in [2.45, 2.75) is 58.5 Å². The minimum atomic E-state index is -0.0844. The normalized spacial score (nSPS) is 25.4. The molecular formula is C13H25NO2. The predicted octanol–water partition coefficient (Wildman–Crippen LogP) is 2.50. The fourth-order valence-corrected chi connectivity index (χ4v) is 2.37. The van der Waals surface area contributed by atoms with E-state index in [1.54, 1.807) is 0 Å². The van der Waals surface area contributed by atoms with Crippen LogP contribution in [0.1, 0.15) is 52.4 Å². The Morgan fingerprint density at radius 2 is 2.06 bits per heavy atom. The summed E-state index contributed by atoms with van der Waals surface area (Å²) in [5, 5.41) is 3.08. The molecule has 3 nitrogen and oxygen atoms in total. The quantitative estimate of drug-likeness (QED) is 0.559. The topological polar surface area (TPSA) is 38.3 Å². The smallest absolute Gasteiger partial charge is 0.320 e. The van der Waals surface area contributed by atoms with E-state index in [4.69, 9.17) is 4.74 Å². The SMILES string of the molecule is CCCNCC(=O)OC1CCCCC1CC. The van der Waals surface area contributed by atoms with Crippen LogP contribution in [-0.2, 0) is 9.53 Å². The van der Waals surface area contributed by atoms with E-state index in [1.807, 2.05) is 0 Å². The first-order valence-corrected chi connectivity index (χ1v) is 6.68. The zero-order chi connectivity index (χ0) is 11.8. The van der Waals surface area contributed by atoms with Crippen LogP contribution in [0.3, 0.4) is 0 Å². The second kappa shape index (κ2) is 7.66. The highest BCUT2D eigenvalue weighted by molar-refractivity contribution is 5.71. The highest BCUT2D eigenvalue weighted by Crippen LogP contribution is 2.29. The maximum atomic E-state index is 11.6. The summed E-state index contributed by atoms with van der Waals surface area (Å²) in [7, 11) is 0. The van der Waals surface area contributed by atoms with Crippen molar-refractivity contribution < 1.29 is 9.53 Å². The molecule has 1 N–H and O–H groups in total. The molecule has 0 heterocycles. The maximum Gasteiger partial charge on any atom is 0.320 e. The molecule has 3 heteroatoms. The molecule has 0 aromatic rings. The van der Waals surface area contributed by atoms with Gasteiger partial charge in [0, 0.05) is 0 Å². The molecule has 0 aromatic carbocycles. The van der Waals surface area contributed by atoms with Crippen LogP contribution in [0.15, 0.2) is 0 Å². The molecule has 0 saturated heterocycles.